The summed E-state index contributed by atoms with van der Waals surface area (Å²) in [6.07, 6.45) is 2.56. The van der Waals surface area contributed by atoms with Crippen LogP contribution in [0.2, 0.25) is 0 Å². The summed E-state index contributed by atoms with van der Waals surface area (Å²) >= 11 is 0. The van der Waals surface area contributed by atoms with Gasteiger partial charge >= 0.3 is 0 Å². The minimum Gasteiger partial charge on any atom is -0.314 e. The minimum absolute atomic E-state index is 0.847. The molecule has 2 nitrogen and oxygen atoms in total. The van der Waals surface area contributed by atoms with Crippen LogP contribution in [0.5, 0.6) is 0 Å². The zero-order valence-electron chi connectivity index (χ0n) is 10.7. The highest BCUT2D eigenvalue weighted by molar-refractivity contribution is 5.36. The fourth-order valence-corrected chi connectivity index (χ4v) is 3.12. The van der Waals surface area contributed by atoms with Crippen LogP contribution in [0.15, 0.2) is 18.2 Å². The first-order valence-electron chi connectivity index (χ1n) is 6.85. The van der Waals surface area contributed by atoms with Crippen molar-refractivity contribution in [1.29, 1.82) is 0 Å². The van der Waals surface area contributed by atoms with Gasteiger partial charge in [0, 0.05) is 32.7 Å². The molecular formula is C15H22N2. The maximum absolute atomic E-state index is 3.41. The molecule has 1 atom stereocenters. The van der Waals surface area contributed by atoms with E-state index in [1.54, 1.807) is 11.1 Å². The van der Waals surface area contributed by atoms with Crippen LogP contribution >= 0.6 is 0 Å². The summed E-state index contributed by atoms with van der Waals surface area (Å²) in [7, 11) is 0. The number of piperazine rings is 1. The smallest absolute Gasteiger partial charge is 0.0234 e. The first kappa shape index (κ1) is 11.2. The van der Waals surface area contributed by atoms with Crippen LogP contribution in [0.3, 0.4) is 0 Å². The maximum atomic E-state index is 3.41. The van der Waals surface area contributed by atoms with Crippen molar-refractivity contribution < 1.29 is 0 Å². The number of hydrogen-bond donors (Lipinski definition) is 1. The molecule has 1 aliphatic heterocycles. The van der Waals surface area contributed by atoms with E-state index in [9.17, 15) is 0 Å². The Morgan fingerprint density at radius 2 is 1.94 bits per heavy atom. The molecule has 1 unspecified atom stereocenters. The van der Waals surface area contributed by atoms with Gasteiger partial charge in [0.05, 0.1) is 0 Å². The Morgan fingerprint density at radius 3 is 2.76 bits per heavy atom. The Hall–Kier alpha value is -0.860. The fourth-order valence-electron chi connectivity index (χ4n) is 3.12. The largest absolute Gasteiger partial charge is 0.314 e. The van der Waals surface area contributed by atoms with E-state index < -0.39 is 0 Å². The molecule has 17 heavy (non-hydrogen) atoms. The van der Waals surface area contributed by atoms with Gasteiger partial charge in [-0.25, -0.2) is 0 Å². The van der Waals surface area contributed by atoms with Gasteiger partial charge in [0.15, 0.2) is 0 Å². The lowest BCUT2D eigenvalue weighted by molar-refractivity contribution is 0.233. The van der Waals surface area contributed by atoms with E-state index in [0.717, 1.165) is 25.6 Å². The number of hydrogen-bond acceptors (Lipinski definition) is 2. The second-order valence-corrected chi connectivity index (χ2v) is 5.64. The molecule has 2 heteroatoms. The van der Waals surface area contributed by atoms with Crippen molar-refractivity contribution in [1.82, 2.24) is 10.2 Å². The van der Waals surface area contributed by atoms with E-state index in [4.69, 9.17) is 0 Å². The Balaban J connectivity index is 1.69. The van der Waals surface area contributed by atoms with Crippen molar-refractivity contribution in [2.45, 2.75) is 26.3 Å². The molecule has 0 spiro atoms. The molecule has 1 N–H and O–H groups in total. The molecule has 0 radical (unpaired) electrons. The zero-order chi connectivity index (χ0) is 11.7. The molecule has 1 saturated heterocycles. The highest BCUT2D eigenvalue weighted by Crippen LogP contribution is 2.27. The van der Waals surface area contributed by atoms with Gasteiger partial charge < -0.3 is 5.32 Å². The Kier molecular flexibility index (Phi) is 3.17. The van der Waals surface area contributed by atoms with E-state index in [0.29, 0.717) is 0 Å². The van der Waals surface area contributed by atoms with Crippen molar-refractivity contribution in [2.75, 3.05) is 26.2 Å². The molecule has 0 saturated carbocycles. The fraction of sp³-hybridized carbons (Fsp3) is 0.600. The van der Waals surface area contributed by atoms with Gasteiger partial charge in [-0.3, -0.25) is 4.90 Å². The SMILES string of the molecule is CC1Cc2ccc(CN3CCNCC3)cc2C1. The van der Waals surface area contributed by atoms with Gasteiger partial charge in [-0.05, 0) is 35.4 Å². The van der Waals surface area contributed by atoms with Crippen LogP contribution in [0.4, 0.5) is 0 Å². The standard InChI is InChI=1S/C15H22N2/c1-12-8-14-3-2-13(10-15(14)9-12)11-17-6-4-16-5-7-17/h2-3,10,12,16H,4-9,11H2,1H3. The first-order valence-corrected chi connectivity index (χ1v) is 6.85. The normalized spacial score (nSPS) is 24.9. The number of nitrogens with zero attached hydrogens (tertiary/aromatic N) is 1. The van der Waals surface area contributed by atoms with Crippen LogP contribution in [-0.2, 0) is 19.4 Å². The molecule has 0 amide bonds. The lowest BCUT2D eigenvalue weighted by atomic mass is 10.1. The summed E-state index contributed by atoms with van der Waals surface area (Å²) < 4.78 is 0. The quantitative estimate of drug-likeness (QED) is 0.834. The van der Waals surface area contributed by atoms with Crippen LogP contribution in [-0.4, -0.2) is 31.1 Å². The molecule has 0 bridgehead atoms. The third-order valence-electron chi connectivity index (χ3n) is 4.02. The van der Waals surface area contributed by atoms with E-state index in [2.05, 4.69) is 35.3 Å². The first-order chi connectivity index (χ1) is 8.31. The number of rotatable bonds is 2. The highest BCUT2D eigenvalue weighted by atomic mass is 15.2. The van der Waals surface area contributed by atoms with Crippen molar-refractivity contribution >= 4 is 0 Å². The monoisotopic (exact) mass is 230 g/mol. The summed E-state index contributed by atoms with van der Waals surface area (Å²) in [5.74, 6) is 0.847. The molecule has 1 aromatic carbocycles. The predicted molar refractivity (Wildman–Crippen MR) is 71.2 cm³/mol. The molecule has 3 rings (SSSR count). The second-order valence-electron chi connectivity index (χ2n) is 5.64. The predicted octanol–water partition coefficient (Wildman–Crippen LogP) is 1.83. The topological polar surface area (TPSA) is 15.3 Å². The lowest BCUT2D eigenvalue weighted by Crippen LogP contribution is -2.42. The number of fused-ring (bicyclic) bond motifs is 1. The highest BCUT2D eigenvalue weighted by Gasteiger charge is 2.18. The third-order valence-corrected chi connectivity index (χ3v) is 4.02. The maximum Gasteiger partial charge on any atom is 0.0234 e. The lowest BCUT2D eigenvalue weighted by Gasteiger charge is -2.27. The van der Waals surface area contributed by atoms with Gasteiger partial charge in [0.2, 0.25) is 0 Å². The van der Waals surface area contributed by atoms with E-state index in [1.165, 1.54) is 31.5 Å². The summed E-state index contributed by atoms with van der Waals surface area (Å²) in [6, 6.07) is 7.14. The zero-order valence-corrected chi connectivity index (χ0v) is 10.7. The second kappa shape index (κ2) is 4.79. The summed E-state index contributed by atoms with van der Waals surface area (Å²) in [5.41, 5.74) is 4.69. The number of nitrogens with one attached hydrogen (secondary N) is 1. The summed E-state index contributed by atoms with van der Waals surface area (Å²) in [6.45, 7) is 8.14. The van der Waals surface area contributed by atoms with E-state index in [1.807, 2.05) is 0 Å². The van der Waals surface area contributed by atoms with Crippen molar-refractivity contribution in [3.8, 4) is 0 Å². The van der Waals surface area contributed by atoms with Crippen molar-refractivity contribution in [2.24, 2.45) is 5.92 Å². The Bertz CT molecular complexity index is 394. The number of benzene rings is 1. The third kappa shape index (κ3) is 2.53. The van der Waals surface area contributed by atoms with Gasteiger partial charge in [0.1, 0.15) is 0 Å². The molecule has 92 valence electrons. The Morgan fingerprint density at radius 1 is 1.18 bits per heavy atom. The van der Waals surface area contributed by atoms with Gasteiger partial charge in [0.25, 0.3) is 0 Å². The Labute approximate surface area is 104 Å². The molecule has 2 aliphatic rings. The average Bonchev–Trinajstić information content (AvgIpc) is 2.70. The molecule has 1 aromatic rings. The van der Waals surface area contributed by atoms with E-state index >= 15 is 0 Å². The van der Waals surface area contributed by atoms with Crippen LogP contribution < -0.4 is 5.32 Å². The molecular weight excluding hydrogens is 208 g/mol. The summed E-state index contributed by atoms with van der Waals surface area (Å²) in [4.78, 5) is 2.55. The molecule has 1 aliphatic carbocycles. The van der Waals surface area contributed by atoms with Crippen molar-refractivity contribution in [3.63, 3.8) is 0 Å². The molecule has 1 heterocycles. The van der Waals surface area contributed by atoms with E-state index in [-0.39, 0.29) is 0 Å². The van der Waals surface area contributed by atoms with Gasteiger partial charge in [-0.2, -0.15) is 0 Å². The van der Waals surface area contributed by atoms with Gasteiger partial charge in [-0.15, -0.1) is 0 Å². The van der Waals surface area contributed by atoms with Crippen LogP contribution in [0, 0.1) is 5.92 Å². The van der Waals surface area contributed by atoms with Crippen LogP contribution in [0.25, 0.3) is 0 Å². The minimum atomic E-state index is 0.847. The summed E-state index contributed by atoms with van der Waals surface area (Å²) in [5, 5.41) is 3.41. The van der Waals surface area contributed by atoms with Crippen molar-refractivity contribution in [3.05, 3.63) is 34.9 Å². The average molecular weight is 230 g/mol. The molecule has 1 fully saturated rings. The van der Waals surface area contributed by atoms with Crippen LogP contribution in [0.1, 0.15) is 23.6 Å². The molecule has 0 aromatic heterocycles. The van der Waals surface area contributed by atoms with Gasteiger partial charge in [-0.1, -0.05) is 25.1 Å².